The number of hydrogen-bond donors (Lipinski definition) is 0. The summed E-state index contributed by atoms with van der Waals surface area (Å²) in [5.41, 5.74) is 2.02. The molecule has 0 atom stereocenters. The van der Waals surface area contributed by atoms with Gasteiger partial charge in [0, 0.05) is 21.8 Å². The van der Waals surface area contributed by atoms with Gasteiger partial charge in [-0.3, -0.25) is 4.79 Å². The summed E-state index contributed by atoms with van der Waals surface area (Å²) in [6, 6.07) is 8.00. The Bertz CT molecular complexity index is 553. The molecular formula is C13H12BrNO2S. The van der Waals surface area contributed by atoms with Crippen molar-refractivity contribution < 1.29 is 9.53 Å². The molecule has 0 aliphatic rings. The number of methoxy groups -OCH3 is 1. The molecule has 0 aliphatic heterocycles. The Morgan fingerprint density at radius 2 is 2.33 bits per heavy atom. The van der Waals surface area contributed by atoms with Gasteiger partial charge in [0.15, 0.2) is 0 Å². The van der Waals surface area contributed by atoms with Gasteiger partial charge >= 0.3 is 5.97 Å². The van der Waals surface area contributed by atoms with E-state index in [9.17, 15) is 4.79 Å². The lowest BCUT2D eigenvalue weighted by Gasteiger charge is -1.97. The standard InChI is InChI=1S/C13H12BrNO2S/c1-17-13(16)6-5-12-15-11(8-18-12)9-3-2-4-10(14)7-9/h2-4,7-8H,5-6H2,1H3. The molecular weight excluding hydrogens is 314 g/mol. The fourth-order valence-corrected chi connectivity index (χ4v) is 2.72. The summed E-state index contributed by atoms with van der Waals surface area (Å²) in [7, 11) is 1.40. The van der Waals surface area contributed by atoms with Gasteiger partial charge in [0.2, 0.25) is 0 Å². The number of thiazole rings is 1. The van der Waals surface area contributed by atoms with Crippen molar-refractivity contribution >= 4 is 33.2 Å². The SMILES string of the molecule is COC(=O)CCc1nc(-c2cccc(Br)c2)cs1. The Hall–Kier alpha value is -1.20. The molecule has 0 spiro atoms. The van der Waals surface area contributed by atoms with E-state index in [-0.39, 0.29) is 5.97 Å². The predicted molar refractivity (Wildman–Crippen MR) is 75.6 cm³/mol. The Balaban J connectivity index is 2.08. The van der Waals surface area contributed by atoms with Crippen LogP contribution in [0.15, 0.2) is 34.1 Å². The van der Waals surface area contributed by atoms with Gasteiger partial charge in [-0.05, 0) is 12.1 Å². The molecule has 2 aromatic rings. The van der Waals surface area contributed by atoms with Crippen molar-refractivity contribution in [2.75, 3.05) is 7.11 Å². The maximum Gasteiger partial charge on any atom is 0.305 e. The minimum Gasteiger partial charge on any atom is -0.469 e. The van der Waals surface area contributed by atoms with Gasteiger partial charge in [0.1, 0.15) is 0 Å². The first-order valence-electron chi connectivity index (χ1n) is 5.46. The lowest BCUT2D eigenvalue weighted by Crippen LogP contribution is -2.01. The third kappa shape index (κ3) is 3.40. The summed E-state index contributed by atoms with van der Waals surface area (Å²) in [5, 5.41) is 2.96. The lowest BCUT2D eigenvalue weighted by molar-refractivity contribution is -0.140. The summed E-state index contributed by atoms with van der Waals surface area (Å²) in [5.74, 6) is -0.200. The number of halogens is 1. The van der Waals surface area contributed by atoms with Crippen molar-refractivity contribution in [1.82, 2.24) is 4.98 Å². The van der Waals surface area contributed by atoms with Crippen molar-refractivity contribution in [3.8, 4) is 11.3 Å². The van der Waals surface area contributed by atoms with Crippen molar-refractivity contribution in [3.63, 3.8) is 0 Å². The van der Waals surface area contributed by atoms with Gasteiger partial charge in [0.25, 0.3) is 0 Å². The zero-order valence-corrected chi connectivity index (χ0v) is 12.3. The third-order valence-electron chi connectivity index (χ3n) is 2.44. The Labute approximate surface area is 118 Å². The van der Waals surface area contributed by atoms with Gasteiger partial charge < -0.3 is 4.74 Å². The number of aryl methyl sites for hydroxylation is 1. The molecule has 0 fully saturated rings. The van der Waals surface area contributed by atoms with Crippen molar-refractivity contribution in [1.29, 1.82) is 0 Å². The summed E-state index contributed by atoms with van der Waals surface area (Å²) < 4.78 is 5.64. The number of esters is 1. The van der Waals surface area contributed by atoms with Crippen molar-refractivity contribution in [3.05, 3.63) is 39.1 Å². The number of hydrogen-bond acceptors (Lipinski definition) is 4. The molecule has 2 rings (SSSR count). The highest BCUT2D eigenvalue weighted by Crippen LogP contribution is 2.25. The lowest BCUT2D eigenvalue weighted by atomic mass is 10.2. The molecule has 0 amide bonds. The van der Waals surface area contributed by atoms with E-state index >= 15 is 0 Å². The predicted octanol–water partition coefficient (Wildman–Crippen LogP) is 3.68. The highest BCUT2D eigenvalue weighted by atomic mass is 79.9. The van der Waals surface area contributed by atoms with E-state index in [1.807, 2.05) is 29.6 Å². The average Bonchev–Trinajstić information content (AvgIpc) is 2.84. The highest BCUT2D eigenvalue weighted by Gasteiger charge is 2.07. The number of rotatable bonds is 4. The number of nitrogens with zero attached hydrogens (tertiary/aromatic N) is 1. The maximum absolute atomic E-state index is 11.1. The van der Waals surface area contributed by atoms with Crippen LogP contribution >= 0.6 is 27.3 Å². The topological polar surface area (TPSA) is 39.2 Å². The molecule has 0 radical (unpaired) electrons. The zero-order chi connectivity index (χ0) is 13.0. The Morgan fingerprint density at radius 3 is 3.06 bits per heavy atom. The van der Waals surface area contributed by atoms with Crippen LogP contribution in [0.2, 0.25) is 0 Å². The number of carbonyl (C=O) groups is 1. The van der Waals surface area contributed by atoms with Gasteiger partial charge in [-0.2, -0.15) is 0 Å². The molecule has 0 aliphatic carbocycles. The summed E-state index contributed by atoms with van der Waals surface area (Å²) in [6.07, 6.45) is 1.01. The number of aromatic nitrogens is 1. The van der Waals surface area contributed by atoms with E-state index in [1.165, 1.54) is 7.11 Å². The highest BCUT2D eigenvalue weighted by molar-refractivity contribution is 9.10. The van der Waals surface area contributed by atoms with E-state index < -0.39 is 0 Å². The second-order valence-electron chi connectivity index (χ2n) is 3.71. The molecule has 1 heterocycles. The second kappa shape index (κ2) is 6.11. The smallest absolute Gasteiger partial charge is 0.305 e. The number of benzene rings is 1. The van der Waals surface area contributed by atoms with E-state index in [1.54, 1.807) is 11.3 Å². The minimum absolute atomic E-state index is 0.200. The number of carbonyl (C=O) groups excluding carboxylic acids is 1. The molecule has 1 aromatic carbocycles. The molecule has 5 heteroatoms. The van der Waals surface area contributed by atoms with Crippen LogP contribution in [0.3, 0.4) is 0 Å². The molecule has 18 heavy (non-hydrogen) atoms. The first-order valence-corrected chi connectivity index (χ1v) is 7.13. The largest absolute Gasteiger partial charge is 0.469 e. The van der Waals surface area contributed by atoms with Crippen LogP contribution in [0.4, 0.5) is 0 Å². The number of ether oxygens (including phenoxy) is 1. The van der Waals surface area contributed by atoms with Gasteiger partial charge in [-0.25, -0.2) is 4.98 Å². The zero-order valence-electron chi connectivity index (χ0n) is 9.85. The van der Waals surface area contributed by atoms with Crippen LogP contribution in [-0.2, 0) is 16.0 Å². The van der Waals surface area contributed by atoms with Crippen LogP contribution in [0.25, 0.3) is 11.3 Å². The fraction of sp³-hybridized carbons (Fsp3) is 0.231. The summed E-state index contributed by atoms with van der Waals surface area (Å²) in [6.45, 7) is 0. The van der Waals surface area contributed by atoms with E-state index in [4.69, 9.17) is 0 Å². The molecule has 3 nitrogen and oxygen atoms in total. The monoisotopic (exact) mass is 325 g/mol. The molecule has 0 saturated carbocycles. The summed E-state index contributed by atoms with van der Waals surface area (Å²) in [4.78, 5) is 15.6. The fourth-order valence-electron chi connectivity index (χ4n) is 1.52. The molecule has 0 unspecified atom stereocenters. The van der Waals surface area contributed by atoms with Crippen LogP contribution in [-0.4, -0.2) is 18.1 Å². The van der Waals surface area contributed by atoms with Crippen molar-refractivity contribution in [2.45, 2.75) is 12.8 Å². The average molecular weight is 326 g/mol. The molecule has 94 valence electrons. The summed E-state index contributed by atoms with van der Waals surface area (Å²) >= 11 is 5.01. The van der Waals surface area contributed by atoms with Gasteiger partial charge in [-0.15, -0.1) is 11.3 Å². The molecule has 0 saturated heterocycles. The third-order valence-corrected chi connectivity index (χ3v) is 3.84. The van der Waals surface area contributed by atoms with Crippen LogP contribution in [0.1, 0.15) is 11.4 Å². The van der Waals surface area contributed by atoms with Crippen LogP contribution < -0.4 is 0 Å². The van der Waals surface area contributed by atoms with E-state index in [2.05, 4.69) is 25.7 Å². The van der Waals surface area contributed by atoms with E-state index in [0.717, 1.165) is 20.7 Å². The Morgan fingerprint density at radius 1 is 1.50 bits per heavy atom. The van der Waals surface area contributed by atoms with Gasteiger partial charge in [0.05, 0.1) is 24.2 Å². The quantitative estimate of drug-likeness (QED) is 0.805. The van der Waals surface area contributed by atoms with E-state index in [0.29, 0.717) is 12.8 Å². The van der Waals surface area contributed by atoms with Crippen LogP contribution in [0.5, 0.6) is 0 Å². The normalized spacial score (nSPS) is 10.3. The van der Waals surface area contributed by atoms with Gasteiger partial charge in [-0.1, -0.05) is 28.1 Å². The molecule has 1 aromatic heterocycles. The second-order valence-corrected chi connectivity index (χ2v) is 5.57. The maximum atomic E-state index is 11.1. The first-order chi connectivity index (χ1) is 8.69. The van der Waals surface area contributed by atoms with Crippen molar-refractivity contribution in [2.24, 2.45) is 0 Å². The minimum atomic E-state index is -0.200. The Kier molecular flexibility index (Phi) is 4.49. The van der Waals surface area contributed by atoms with Crippen LogP contribution in [0, 0.1) is 0 Å². The first kappa shape index (κ1) is 13.2. The molecule has 0 bridgehead atoms. The molecule has 0 N–H and O–H groups in total.